The second kappa shape index (κ2) is 6.97. The predicted molar refractivity (Wildman–Crippen MR) is 71.0 cm³/mol. The van der Waals surface area contributed by atoms with Crippen molar-refractivity contribution in [3.05, 3.63) is 0 Å². The Kier molecular flexibility index (Phi) is 5.92. The first-order valence-corrected chi connectivity index (χ1v) is 6.85. The molecule has 2 N–H and O–H groups in total. The van der Waals surface area contributed by atoms with Crippen LogP contribution in [0.5, 0.6) is 0 Å². The highest BCUT2D eigenvalue weighted by atomic mass is 16.2. The molecule has 17 heavy (non-hydrogen) atoms. The van der Waals surface area contributed by atoms with Crippen LogP contribution in [-0.2, 0) is 4.79 Å². The first-order chi connectivity index (χ1) is 8.11. The van der Waals surface area contributed by atoms with Crippen LogP contribution < -0.4 is 10.6 Å². The Labute approximate surface area is 105 Å². The molecule has 0 radical (unpaired) electrons. The van der Waals surface area contributed by atoms with E-state index in [9.17, 15) is 4.79 Å². The minimum atomic E-state index is -0.00366. The highest BCUT2D eigenvalue weighted by Crippen LogP contribution is 2.18. The fraction of sp³-hybridized carbons (Fsp3) is 0.923. The summed E-state index contributed by atoms with van der Waals surface area (Å²) in [4.78, 5) is 14.4. The third kappa shape index (κ3) is 3.68. The van der Waals surface area contributed by atoms with Crippen LogP contribution in [0.1, 0.15) is 34.1 Å². The molecule has 1 saturated heterocycles. The van der Waals surface area contributed by atoms with Gasteiger partial charge in [0.15, 0.2) is 0 Å². The highest BCUT2D eigenvalue weighted by molar-refractivity contribution is 5.82. The third-order valence-corrected chi connectivity index (χ3v) is 3.55. The van der Waals surface area contributed by atoms with Crippen molar-refractivity contribution < 1.29 is 4.79 Å². The van der Waals surface area contributed by atoms with Gasteiger partial charge in [-0.1, -0.05) is 20.8 Å². The van der Waals surface area contributed by atoms with Crippen molar-refractivity contribution in [1.29, 1.82) is 0 Å². The van der Waals surface area contributed by atoms with Crippen LogP contribution in [0.2, 0.25) is 0 Å². The molecule has 0 aromatic carbocycles. The number of rotatable bonds is 5. The number of hydrogen-bond acceptors (Lipinski definition) is 3. The molecule has 4 nitrogen and oxygen atoms in total. The average Bonchev–Trinajstić information content (AvgIpc) is 2.30. The minimum Gasteiger partial charge on any atom is -0.355 e. The fourth-order valence-corrected chi connectivity index (χ4v) is 2.74. The molecule has 1 rings (SSSR count). The van der Waals surface area contributed by atoms with E-state index >= 15 is 0 Å². The van der Waals surface area contributed by atoms with Gasteiger partial charge in [0.05, 0.1) is 0 Å². The van der Waals surface area contributed by atoms with Gasteiger partial charge < -0.3 is 10.6 Å². The molecule has 4 heteroatoms. The van der Waals surface area contributed by atoms with Gasteiger partial charge in [-0.25, -0.2) is 0 Å². The second-order valence-corrected chi connectivity index (χ2v) is 5.07. The molecule has 1 aliphatic rings. The van der Waals surface area contributed by atoms with Crippen LogP contribution in [0.25, 0.3) is 0 Å². The van der Waals surface area contributed by atoms with E-state index in [1.807, 2.05) is 6.92 Å². The summed E-state index contributed by atoms with van der Waals surface area (Å²) in [6, 6.07) is 0.501. The molecule has 0 saturated carbocycles. The van der Waals surface area contributed by atoms with E-state index in [1.165, 1.54) is 0 Å². The Morgan fingerprint density at radius 1 is 1.47 bits per heavy atom. The van der Waals surface area contributed by atoms with E-state index in [0.29, 0.717) is 18.5 Å². The predicted octanol–water partition coefficient (Wildman–Crippen LogP) is 0.831. The summed E-state index contributed by atoms with van der Waals surface area (Å²) >= 11 is 0. The van der Waals surface area contributed by atoms with Crippen molar-refractivity contribution in [2.45, 2.75) is 46.2 Å². The summed E-state index contributed by atoms with van der Waals surface area (Å²) in [6.45, 7) is 12.1. The average molecular weight is 241 g/mol. The number of likely N-dealkylation sites (N-methyl/N-ethyl adjacent to an activating group) is 1. The van der Waals surface area contributed by atoms with Crippen molar-refractivity contribution in [2.75, 3.05) is 26.2 Å². The molecule has 1 aliphatic heterocycles. The monoisotopic (exact) mass is 241 g/mol. The molecular formula is C13H27N3O. The first-order valence-electron chi connectivity index (χ1n) is 6.85. The number of carbonyl (C=O) groups excluding carboxylic acids is 1. The summed E-state index contributed by atoms with van der Waals surface area (Å²) in [7, 11) is 0. The Hall–Kier alpha value is -0.610. The van der Waals surface area contributed by atoms with E-state index in [4.69, 9.17) is 0 Å². The van der Waals surface area contributed by atoms with E-state index in [2.05, 4.69) is 36.3 Å². The van der Waals surface area contributed by atoms with Gasteiger partial charge in [-0.15, -0.1) is 0 Å². The lowest BCUT2D eigenvalue weighted by atomic mass is 9.96. The van der Waals surface area contributed by atoms with Gasteiger partial charge in [0.2, 0.25) is 5.91 Å². The van der Waals surface area contributed by atoms with Gasteiger partial charge >= 0.3 is 0 Å². The minimum absolute atomic E-state index is 0.00366. The molecule has 2 unspecified atom stereocenters. The number of carbonyl (C=O) groups is 1. The summed E-state index contributed by atoms with van der Waals surface area (Å²) in [5, 5.41) is 6.26. The van der Waals surface area contributed by atoms with Gasteiger partial charge in [0.25, 0.3) is 0 Å². The molecule has 0 spiro atoms. The van der Waals surface area contributed by atoms with Crippen LogP contribution in [0.3, 0.4) is 0 Å². The molecular weight excluding hydrogens is 214 g/mol. The summed E-state index contributed by atoms with van der Waals surface area (Å²) < 4.78 is 0. The number of nitrogens with zero attached hydrogens (tertiary/aromatic N) is 1. The summed E-state index contributed by atoms with van der Waals surface area (Å²) in [5.41, 5.74) is 0. The molecule has 1 amide bonds. The third-order valence-electron chi connectivity index (χ3n) is 3.55. The molecule has 0 aromatic rings. The van der Waals surface area contributed by atoms with Crippen LogP contribution in [0.15, 0.2) is 0 Å². The Bertz CT molecular complexity index is 243. The van der Waals surface area contributed by atoms with Crippen LogP contribution in [-0.4, -0.2) is 49.1 Å². The van der Waals surface area contributed by atoms with E-state index in [-0.39, 0.29) is 11.9 Å². The first kappa shape index (κ1) is 14.5. The standard InChI is InChI=1S/C13H27N3O/c1-5-11(10(3)4)16-8-7-14-9-12(16)13(17)15-6-2/h10-12,14H,5-9H2,1-4H3,(H,15,17). The normalized spacial score (nSPS) is 23.7. The lowest BCUT2D eigenvalue weighted by Crippen LogP contribution is -2.61. The summed E-state index contributed by atoms with van der Waals surface area (Å²) in [6.07, 6.45) is 1.10. The van der Waals surface area contributed by atoms with Crippen LogP contribution >= 0.6 is 0 Å². The van der Waals surface area contributed by atoms with Crippen LogP contribution in [0, 0.1) is 5.92 Å². The van der Waals surface area contributed by atoms with Crippen molar-refractivity contribution in [3.63, 3.8) is 0 Å². The van der Waals surface area contributed by atoms with Gasteiger partial charge in [0, 0.05) is 32.2 Å². The van der Waals surface area contributed by atoms with Gasteiger partial charge in [0.1, 0.15) is 6.04 Å². The van der Waals surface area contributed by atoms with Crippen molar-refractivity contribution in [3.8, 4) is 0 Å². The molecule has 0 aromatic heterocycles. The zero-order chi connectivity index (χ0) is 12.8. The van der Waals surface area contributed by atoms with Crippen molar-refractivity contribution >= 4 is 5.91 Å². The number of hydrogen-bond donors (Lipinski definition) is 2. The smallest absolute Gasteiger partial charge is 0.238 e. The maximum Gasteiger partial charge on any atom is 0.238 e. The Morgan fingerprint density at radius 3 is 2.71 bits per heavy atom. The zero-order valence-corrected chi connectivity index (χ0v) is 11.6. The second-order valence-electron chi connectivity index (χ2n) is 5.07. The molecule has 2 atom stereocenters. The van der Waals surface area contributed by atoms with E-state index in [0.717, 1.165) is 26.1 Å². The van der Waals surface area contributed by atoms with Gasteiger partial charge in [-0.2, -0.15) is 0 Å². The Balaban J connectivity index is 2.73. The number of nitrogens with one attached hydrogen (secondary N) is 2. The van der Waals surface area contributed by atoms with Crippen molar-refractivity contribution in [2.24, 2.45) is 5.92 Å². The molecule has 100 valence electrons. The quantitative estimate of drug-likeness (QED) is 0.749. The Morgan fingerprint density at radius 2 is 2.18 bits per heavy atom. The SMILES string of the molecule is CCNC(=O)C1CNCCN1C(CC)C(C)C. The molecule has 1 fully saturated rings. The number of amides is 1. The lowest BCUT2D eigenvalue weighted by molar-refractivity contribution is -0.128. The fourth-order valence-electron chi connectivity index (χ4n) is 2.74. The lowest BCUT2D eigenvalue weighted by Gasteiger charge is -2.42. The van der Waals surface area contributed by atoms with Gasteiger partial charge in [-0.05, 0) is 19.3 Å². The van der Waals surface area contributed by atoms with E-state index < -0.39 is 0 Å². The number of piperazine rings is 1. The topological polar surface area (TPSA) is 44.4 Å². The molecule has 1 heterocycles. The molecule has 0 aliphatic carbocycles. The maximum absolute atomic E-state index is 12.1. The summed E-state index contributed by atoms with van der Waals surface area (Å²) in [5.74, 6) is 0.758. The highest BCUT2D eigenvalue weighted by Gasteiger charge is 2.33. The largest absolute Gasteiger partial charge is 0.355 e. The maximum atomic E-state index is 12.1. The van der Waals surface area contributed by atoms with E-state index in [1.54, 1.807) is 0 Å². The van der Waals surface area contributed by atoms with Crippen molar-refractivity contribution in [1.82, 2.24) is 15.5 Å². The zero-order valence-electron chi connectivity index (χ0n) is 11.6. The van der Waals surface area contributed by atoms with Gasteiger partial charge in [-0.3, -0.25) is 9.69 Å². The van der Waals surface area contributed by atoms with Crippen LogP contribution in [0.4, 0.5) is 0 Å². The molecule has 0 bridgehead atoms.